The van der Waals surface area contributed by atoms with Crippen LogP contribution in [0.2, 0.25) is 10.0 Å². The normalized spacial score (nSPS) is 25.2. The molecule has 1 atom stereocenters. The summed E-state index contributed by atoms with van der Waals surface area (Å²) in [5.41, 5.74) is 1.17. The highest BCUT2D eigenvalue weighted by atomic mass is 35.5. The van der Waals surface area contributed by atoms with Gasteiger partial charge in [0.1, 0.15) is 0 Å². The maximum absolute atomic E-state index is 11.4. The van der Waals surface area contributed by atoms with Gasteiger partial charge in [0.15, 0.2) is 0 Å². The van der Waals surface area contributed by atoms with Crippen molar-refractivity contribution in [1.29, 1.82) is 0 Å². The van der Waals surface area contributed by atoms with Crippen LogP contribution < -0.4 is 5.32 Å². The maximum Gasteiger partial charge on any atom is 0.0595 e. The average molecular weight is 320 g/mol. The molecule has 1 unspecified atom stereocenters. The molecule has 0 spiro atoms. The van der Waals surface area contributed by atoms with E-state index in [0.717, 1.165) is 30.8 Å². The summed E-state index contributed by atoms with van der Waals surface area (Å²) in [5, 5.41) is 4.85. The molecule has 1 aromatic carbocycles. The van der Waals surface area contributed by atoms with Crippen molar-refractivity contribution >= 4 is 34.0 Å². The highest BCUT2D eigenvalue weighted by molar-refractivity contribution is 7.85. The van der Waals surface area contributed by atoms with Crippen LogP contribution in [0.15, 0.2) is 18.2 Å². The third-order valence-electron chi connectivity index (χ3n) is 3.58. The smallest absolute Gasteiger partial charge is 0.0595 e. The Hall–Kier alpha value is -0.0900. The Morgan fingerprint density at radius 3 is 2.58 bits per heavy atom. The molecule has 1 fully saturated rings. The van der Waals surface area contributed by atoms with Gasteiger partial charge in [-0.05, 0) is 37.0 Å². The monoisotopic (exact) mass is 319 g/mol. The first-order valence-corrected chi connectivity index (χ1v) is 8.90. The van der Waals surface area contributed by atoms with Crippen LogP contribution in [-0.2, 0) is 10.8 Å². The van der Waals surface area contributed by atoms with Gasteiger partial charge < -0.3 is 5.32 Å². The van der Waals surface area contributed by atoms with Gasteiger partial charge in [-0.1, -0.05) is 36.2 Å². The lowest BCUT2D eigenvalue weighted by atomic mass is 10.0. The molecule has 106 valence electrons. The molecule has 1 aliphatic heterocycles. The van der Waals surface area contributed by atoms with Gasteiger partial charge in [0.2, 0.25) is 0 Å². The fourth-order valence-electron chi connectivity index (χ4n) is 2.42. The summed E-state index contributed by atoms with van der Waals surface area (Å²) in [5.74, 6) is 1.63. The van der Waals surface area contributed by atoms with E-state index in [1.54, 1.807) is 0 Å². The van der Waals surface area contributed by atoms with Crippen LogP contribution >= 0.6 is 23.2 Å². The summed E-state index contributed by atoms with van der Waals surface area (Å²) < 4.78 is 11.4. The molecule has 0 bridgehead atoms. The van der Waals surface area contributed by atoms with Gasteiger partial charge >= 0.3 is 0 Å². The largest absolute Gasteiger partial charge is 0.307 e. The summed E-state index contributed by atoms with van der Waals surface area (Å²) in [4.78, 5) is 0. The molecule has 1 aromatic rings. The van der Waals surface area contributed by atoms with Gasteiger partial charge in [-0.15, -0.1) is 0 Å². The van der Waals surface area contributed by atoms with Crippen LogP contribution in [-0.4, -0.2) is 21.8 Å². The van der Waals surface area contributed by atoms with E-state index < -0.39 is 10.8 Å². The molecule has 0 aliphatic carbocycles. The van der Waals surface area contributed by atoms with Crippen LogP contribution in [0.1, 0.15) is 37.8 Å². The van der Waals surface area contributed by atoms with Crippen molar-refractivity contribution in [3.05, 3.63) is 33.8 Å². The molecule has 2 rings (SSSR count). The van der Waals surface area contributed by atoms with E-state index in [0.29, 0.717) is 16.1 Å². The van der Waals surface area contributed by atoms with Crippen LogP contribution in [0.25, 0.3) is 0 Å². The quantitative estimate of drug-likeness (QED) is 0.910. The number of benzene rings is 1. The van der Waals surface area contributed by atoms with Crippen molar-refractivity contribution in [2.24, 2.45) is 0 Å². The Labute approximate surface area is 127 Å². The molecule has 0 aromatic heterocycles. The van der Waals surface area contributed by atoms with Crippen molar-refractivity contribution in [2.45, 2.75) is 38.3 Å². The van der Waals surface area contributed by atoms with Gasteiger partial charge in [0.05, 0.1) is 10.0 Å². The van der Waals surface area contributed by atoms with E-state index in [-0.39, 0.29) is 6.04 Å². The zero-order valence-corrected chi connectivity index (χ0v) is 13.3. The second-order valence-corrected chi connectivity index (χ2v) is 7.43. The lowest BCUT2D eigenvalue weighted by molar-refractivity contribution is 0.403. The molecular weight excluding hydrogens is 301 g/mol. The maximum atomic E-state index is 11.4. The van der Waals surface area contributed by atoms with Gasteiger partial charge in [0, 0.05) is 34.4 Å². The predicted molar refractivity (Wildman–Crippen MR) is 83.5 cm³/mol. The third kappa shape index (κ3) is 4.19. The molecule has 19 heavy (non-hydrogen) atoms. The Kier molecular flexibility index (Phi) is 5.70. The van der Waals surface area contributed by atoms with E-state index in [4.69, 9.17) is 23.2 Å². The van der Waals surface area contributed by atoms with Crippen LogP contribution in [0.5, 0.6) is 0 Å². The van der Waals surface area contributed by atoms with Gasteiger partial charge in [-0.3, -0.25) is 4.21 Å². The molecule has 5 heteroatoms. The minimum atomic E-state index is -0.607. The zero-order chi connectivity index (χ0) is 13.8. The molecule has 0 amide bonds. The summed E-state index contributed by atoms with van der Waals surface area (Å²) in [6.07, 6.45) is 2.98. The van der Waals surface area contributed by atoms with Gasteiger partial charge in [-0.25, -0.2) is 0 Å². The van der Waals surface area contributed by atoms with E-state index in [1.807, 2.05) is 18.2 Å². The predicted octanol–water partition coefficient (Wildman–Crippen LogP) is 3.95. The number of rotatable bonds is 4. The summed E-state index contributed by atoms with van der Waals surface area (Å²) >= 11 is 12.0. The van der Waals surface area contributed by atoms with E-state index in [9.17, 15) is 4.21 Å². The first-order valence-electron chi connectivity index (χ1n) is 6.66. The summed E-state index contributed by atoms with van der Waals surface area (Å²) in [6.45, 7) is 2.15. The van der Waals surface area contributed by atoms with Crippen molar-refractivity contribution in [1.82, 2.24) is 5.32 Å². The number of hydrogen-bond donors (Lipinski definition) is 1. The van der Waals surface area contributed by atoms with Gasteiger partial charge in [-0.2, -0.15) is 0 Å². The Bertz CT molecular complexity index is 457. The first-order chi connectivity index (χ1) is 9.10. The average Bonchev–Trinajstić information content (AvgIpc) is 2.41. The molecular formula is C14H19Cl2NOS. The second-order valence-electron chi connectivity index (χ2n) is 4.92. The van der Waals surface area contributed by atoms with Gasteiger partial charge in [0.25, 0.3) is 0 Å². The fraction of sp³-hybridized carbons (Fsp3) is 0.571. The molecule has 2 nitrogen and oxygen atoms in total. The highest BCUT2D eigenvalue weighted by Crippen LogP contribution is 2.27. The van der Waals surface area contributed by atoms with Crippen LogP contribution in [0.4, 0.5) is 0 Å². The molecule has 1 saturated heterocycles. The molecule has 1 aliphatic rings. The third-order valence-corrected chi connectivity index (χ3v) is 5.70. The Balaban J connectivity index is 2.03. The van der Waals surface area contributed by atoms with E-state index in [2.05, 4.69) is 12.2 Å². The fourth-order valence-corrected chi connectivity index (χ4v) is 4.03. The van der Waals surface area contributed by atoms with Crippen molar-refractivity contribution < 1.29 is 4.21 Å². The van der Waals surface area contributed by atoms with Crippen LogP contribution in [0, 0.1) is 0 Å². The zero-order valence-electron chi connectivity index (χ0n) is 11.0. The summed E-state index contributed by atoms with van der Waals surface area (Å²) in [7, 11) is -0.607. The number of nitrogens with one attached hydrogen (secondary N) is 1. The summed E-state index contributed by atoms with van der Waals surface area (Å²) in [6, 6.07) is 6.55. The van der Waals surface area contributed by atoms with E-state index >= 15 is 0 Å². The lowest BCUT2D eigenvalue weighted by Crippen LogP contribution is -2.37. The van der Waals surface area contributed by atoms with Crippen LogP contribution in [0.3, 0.4) is 0 Å². The van der Waals surface area contributed by atoms with Crippen molar-refractivity contribution in [2.75, 3.05) is 11.5 Å². The van der Waals surface area contributed by atoms with Crippen molar-refractivity contribution in [3.8, 4) is 0 Å². The van der Waals surface area contributed by atoms with E-state index in [1.165, 1.54) is 5.56 Å². The second kappa shape index (κ2) is 7.07. The standard InChI is InChI=1S/C14H19Cl2NOS/c1-2-14(10-3-4-12(15)13(16)9-10)17-11-5-7-19(18)8-6-11/h3-4,9,11,14,17H,2,5-8H2,1H3. The molecule has 1 heterocycles. The lowest BCUT2D eigenvalue weighted by Gasteiger charge is -2.28. The highest BCUT2D eigenvalue weighted by Gasteiger charge is 2.21. The first kappa shape index (κ1) is 15.3. The topological polar surface area (TPSA) is 29.1 Å². The number of halogens is 2. The SMILES string of the molecule is CCC(NC1CCS(=O)CC1)c1ccc(Cl)c(Cl)c1. The van der Waals surface area contributed by atoms with Crippen molar-refractivity contribution in [3.63, 3.8) is 0 Å². The Morgan fingerprint density at radius 1 is 1.32 bits per heavy atom. The molecule has 0 radical (unpaired) electrons. The Morgan fingerprint density at radius 2 is 2.00 bits per heavy atom. The minimum Gasteiger partial charge on any atom is -0.307 e. The molecule has 1 N–H and O–H groups in total. The minimum absolute atomic E-state index is 0.284. The molecule has 0 saturated carbocycles. The number of hydrogen-bond acceptors (Lipinski definition) is 2.